The van der Waals surface area contributed by atoms with E-state index in [-0.39, 0.29) is 36.6 Å². The monoisotopic (exact) mass is 367 g/mol. The van der Waals surface area contributed by atoms with Gasteiger partial charge in [0, 0.05) is 39.3 Å². The zero-order valence-corrected chi connectivity index (χ0v) is 15.1. The zero-order chi connectivity index (χ0) is 14.4. The maximum atomic E-state index is 11.1. The van der Waals surface area contributed by atoms with Gasteiger partial charge in [-0.25, -0.2) is 0 Å². The lowest BCUT2D eigenvalue weighted by molar-refractivity contribution is -0.118. The second-order valence-electron chi connectivity index (χ2n) is 5.31. The van der Waals surface area contributed by atoms with Crippen LogP contribution < -0.4 is 5.32 Å². The average molecular weight is 369 g/mol. The Hall–Kier alpha value is -0.520. The molecule has 2 rings (SSSR count). The summed E-state index contributed by atoms with van der Waals surface area (Å²) >= 11 is 5.44. The van der Waals surface area contributed by atoms with Gasteiger partial charge in [0.05, 0.1) is 0 Å². The summed E-state index contributed by atoms with van der Waals surface area (Å²) in [5, 5.41) is 2.77. The zero-order valence-electron chi connectivity index (χ0n) is 12.8. The number of amides is 1. The molecule has 22 heavy (non-hydrogen) atoms. The highest BCUT2D eigenvalue weighted by molar-refractivity contribution is 6.27. The first-order chi connectivity index (χ1) is 9.67. The van der Waals surface area contributed by atoms with E-state index in [0.29, 0.717) is 6.54 Å². The second kappa shape index (κ2) is 11.1. The van der Waals surface area contributed by atoms with Gasteiger partial charge in [0.2, 0.25) is 5.91 Å². The Balaban J connectivity index is 0.00000220. The maximum absolute atomic E-state index is 11.1. The number of piperazine rings is 1. The topological polar surface area (TPSA) is 35.6 Å². The van der Waals surface area contributed by atoms with Crippen molar-refractivity contribution in [2.75, 3.05) is 39.1 Å². The number of alkyl halides is 1. The largest absolute Gasteiger partial charge is 0.351 e. The molecule has 0 spiro atoms. The molecule has 1 amide bonds. The molecular formula is C15H24Cl3N3O. The van der Waals surface area contributed by atoms with Crippen molar-refractivity contribution in [3.63, 3.8) is 0 Å². The van der Waals surface area contributed by atoms with E-state index in [0.717, 1.165) is 38.3 Å². The summed E-state index contributed by atoms with van der Waals surface area (Å²) in [6.07, 6.45) is 0. The third kappa shape index (κ3) is 7.16. The van der Waals surface area contributed by atoms with Crippen LogP contribution in [-0.4, -0.2) is 54.8 Å². The van der Waals surface area contributed by atoms with Gasteiger partial charge in [-0.2, -0.15) is 0 Å². The molecule has 0 aliphatic carbocycles. The predicted molar refractivity (Wildman–Crippen MR) is 96.3 cm³/mol. The summed E-state index contributed by atoms with van der Waals surface area (Å²) in [6.45, 7) is 6.08. The number of hydrogen-bond donors (Lipinski definition) is 1. The Labute approximate surface area is 150 Å². The highest BCUT2D eigenvalue weighted by atomic mass is 35.5. The summed E-state index contributed by atoms with van der Waals surface area (Å²) in [5.41, 5.74) is 2.42. The molecule has 1 heterocycles. The average Bonchev–Trinajstić information content (AvgIpc) is 2.48. The lowest BCUT2D eigenvalue weighted by Gasteiger charge is -2.32. The van der Waals surface area contributed by atoms with Crippen molar-refractivity contribution in [2.24, 2.45) is 0 Å². The summed E-state index contributed by atoms with van der Waals surface area (Å²) in [6, 6.07) is 8.42. The molecule has 1 aliphatic rings. The fourth-order valence-electron chi connectivity index (χ4n) is 2.27. The van der Waals surface area contributed by atoms with Crippen molar-refractivity contribution in [1.29, 1.82) is 0 Å². The molecule has 0 aromatic heterocycles. The highest BCUT2D eigenvalue weighted by Gasteiger charge is 2.13. The van der Waals surface area contributed by atoms with E-state index in [1.165, 1.54) is 5.56 Å². The summed E-state index contributed by atoms with van der Waals surface area (Å²) in [5.74, 6) is -0.116. The van der Waals surface area contributed by atoms with Crippen LogP contribution in [0.5, 0.6) is 0 Å². The van der Waals surface area contributed by atoms with Crippen LogP contribution in [0.2, 0.25) is 0 Å². The van der Waals surface area contributed by atoms with Crippen molar-refractivity contribution < 1.29 is 4.79 Å². The summed E-state index contributed by atoms with van der Waals surface area (Å²) in [7, 11) is 2.17. The SMILES string of the molecule is CN1CCN(Cc2ccc(CNC(=O)CCl)cc2)CC1.Cl.Cl. The minimum atomic E-state index is -0.131. The van der Waals surface area contributed by atoms with Gasteiger partial charge in [-0.1, -0.05) is 24.3 Å². The molecule has 0 unspecified atom stereocenters. The van der Waals surface area contributed by atoms with Gasteiger partial charge in [-0.3, -0.25) is 9.69 Å². The molecule has 0 radical (unpaired) electrons. The van der Waals surface area contributed by atoms with Crippen molar-refractivity contribution in [2.45, 2.75) is 13.1 Å². The molecule has 1 saturated heterocycles. The minimum Gasteiger partial charge on any atom is -0.351 e. The summed E-state index contributed by atoms with van der Waals surface area (Å²) in [4.78, 5) is 15.9. The van der Waals surface area contributed by atoms with Crippen molar-refractivity contribution in [3.05, 3.63) is 35.4 Å². The molecule has 1 aromatic rings. The molecule has 1 N–H and O–H groups in total. The molecule has 1 fully saturated rings. The molecule has 0 atom stereocenters. The van der Waals surface area contributed by atoms with E-state index >= 15 is 0 Å². The number of nitrogens with zero attached hydrogens (tertiary/aromatic N) is 2. The number of nitrogens with one attached hydrogen (secondary N) is 1. The van der Waals surface area contributed by atoms with Crippen LogP contribution in [0, 0.1) is 0 Å². The first-order valence-corrected chi connectivity index (χ1v) is 7.52. The van der Waals surface area contributed by atoms with Gasteiger partial charge in [-0.15, -0.1) is 36.4 Å². The Morgan fingerprint density at radius 2 is 1.64 bits per heavy atom. The van der Waals surface area contributed by atoms with Gasteiger partial charge in [0.25, 0.3) is 0 Å². The first kappa shape index (κ1) is 21.5. The van der Waals surface area contributed by atoms with Crippen LogP contribution in [0.4, 0.5) is 0 Å². The number of rotatable bonds is 5. The van der Waals surface area contributed by atoms with E-state index in [1.807, 2.05) is 0 Å². The Morgan fingerprint density at radius 3 is 2.18 bits per heavy atom. The number of halogens is 3. The van der Waals surface area contributed by atoms with Gasteiger partial charge in [0.15, 0.2) is 0 Å². The van der Waals surface area contributed by atoms with Crippen LogP contribution in [0.25, 0.3) is 0 Å². The number of carbonyl (C=O) groups excluding carboxylic acids is 1. The van der Waals surface area contributed by atoms with Crippen LogP contribution in [0.1, 0.15) is 11.1 Å². The molecule has 7 heteroatoms. The van der Waals surface area contributed by atoms with Gasteiger partial charge >= 0.3 is 0 Å². The van der Waals surface area contributed by atoms with Gasteiger partial charge < -0.3 is 10.2 Å². The van der Waals surface area contributed by atoms with Gasteiger partial charge in [0.1, 0.15) is 5.88 Å². The Morgan fingerprint density at radius 1 is 1.09 bits per heavy atom. The molecule has 0 saturated carbocycles. The van der Waals surface area contributed by atoms with E-state index in [1.54, 1.807) is 0 Å². The Bertz CT molecular complexity index is 434. The van der Waals surface area contributed by atoms with Crippen molar-refractivity contribution >= 4 is 42.3 Å². The fraction of sp³-hybridized carbons (Fsp3) is 0.533. The Kier molecular flexibility index (Phi) is 10.8. The van der Waals surface area contributed by atoms with E-state index in [4.69, 9.17) is 11.6 Å². The van der Waals surface area contributed by atoms with Crippen LogP contribution >= 0.6 is 36.4 Å². The van der Waals surface area contributed by atoms with E-state index < -0.39 is 0 Å². The van der Waals surface area contributed by atoms with Crippen molar-refractivity contribution in [1.82, 2.24) is 15.1 Å². The number of hydrogen-bond acceptors (Lipinski definition) is 3. The summed E-state index contributed by atoms with van der Waals surface area (Å²) < 4.78 is 0. The third-order valence-electron chi connectivity index (χ3n) is 3.64. The lowest BCUT2D eigenvalue weighted by atomic mass is 10.1. The minimum absolute atomic E-state index is 0. The maximum Gasteiger partial charge on any atom is 0.235 e. The molecule has 1 aliphatic heterocycles. The molecule has 0 bridgehead atoms. The van der Waals surface area contributed by atoms with Crippen LogP contribution in [0.15, 0.2) is 24.3 Å². The van der Waals surface area contributed by atoms with Crippen LogP contribution in [-0.2, 0) is 17.9 Å². The van der Waals surface area contributed by atoms with Crippen LogP contribution in [0.3, 0.4) is 0 Å². The van der Waals surface area contributed by atoms with Crippen molar-refractivity contribution in [3.8, 4) is 0 Å². The quantitative estimate of drug-likeness (QED) is 0.809. The number of carbonyl (C=O) groups is 1. The van der Waals surface area contributed by atoms with Gasteiger partial charge in [-0.05, 0) is 18.2 Å². The second-order valence-corrected chi connectivity index (χ2v) is 5.57. The highest BCUT2D eigenvalue weighted by Crippen LogP contribution is 2.09. The standard InChI is InChI=1S/C15H22ClN3O.2ClH/c1-18-6-8-19(9-7-18)12-14-4-2-13(3-5-14)11-17-15(20)10-16;;/h2-5H,6-12H2,1H3,(H,17,20);2*1H. The molecular weight excluding hydrogens is 345 g/mol. The predicted octanol–water partition coefficient (Wildman–Crippen LogP) is 2.13. The number of likely N-dealkylation sites (N-methyl/N-ethyl adjacent to an activating group) is 1. The fourth-order valence-corrected chi connectivity index (χ4v) is 2.37. The first-order valence-electron chi connectivity index (χ1n) is 6.99. The molecule has 4 nitrogen and oxygen atoms in total. The number of benzene rings is 1. The normalized spacial score (nSPS) is 15.5. The molecule has 126 valence electrons. The third-order valence-corrected chi connectivity index (χ3v) is 3.88. The lowest BCUT2D eigenvalue weighted by Crippen LogP contribution is -2.43. The van der Waals surface area contributed by atoms with E-state index in [2.05, 4.69) is 46.4 Å². The smallest absolute Gasteiger partial charge is 0.235 e. The van der Waals surface area contributed by atoms with E-state index in [9.17, 15) is 4.79 Å². The molecule has 1 aromatic carbocycles.